The Balaban J connectivity index is 1.41. The quantitative estimate of drug-likeness (QED) is 0.403. The summed E-state index contributed by atoms with van der Waals surface area (Å²) in [5, 5.41) is 3.05. The van der Waals surface area contributed by atoms with Crippen molar-refractivity contribution < 1.29 is 19.1 Å². The number of hydrogen-bond donors (Lipinski definition) is 2. The van der Waals surface area contributed by atoms with Gasteiger partial charge in [0.25, 0.3) is 5.91 Å². The standard InChI is InChI=1S/C31H42N6O4/c1-21(2)33-29(38)22-7-11-24(12-8-22)37-27-19-28(41-18-17-36-15-5-4-6-16-36)32-20-26(27)34-31(37)35-30(39)23-9-13-25(40-3)14-10-23/h9-10,13-14,19-22,24H,4-8,11-12,15-18H2,1-3H3,(H,33,38)(H,34,35,39). The second-order valence-corrected chi connectivity index (χ2v) is 11.4. The average molecular weight is 563 g/mol. The van der Waals surface area contributed by atoms with Crippen molar-refractivity contribution in [2.75, 3.05) is 33.4 Å². The lowest BCUT2D eigenvalue weighted by molar-refractivity contribution is -0.126. The number of carbonyl (C=O) groups excluding carboxylic acids is 2. The molecule has 1 saturated carbocycles. The number of aromatic nitrogens is 3. The van der Waals surface area contributed by atoms with E-state index in [2.05, 4.69) is 29.7 Å². The SMILES string of the molecule is COc1ccc(C(=O)/N=c2\[nH]c3cnc(OCCN4CCCCC4)cc3n2C2CCC(C(=O)NC(C)C)CC2)cc1. The first kappa shape index (κ1) is 28.9. The second kappa shape index (κ2) is 13.3. The van der Waals surface area contributed by atoms with Crippen molar-refractivity contribution in [1.82, 2.24) is 24.8 Å². The van der Waals surface area contributed by atoms with E-state index in [1.165, 1.54) is 19.3 Å². The van der Waals surface area contributed by atoms with Crippen LogP contribution in [0.15, 0.2) is 41.5 Å². The molecule has 1 aromatic carbocycles. The predicted molar refractivity (Wildman–Crippen MR) is 157 cm³/mol. The van der Waals surface area contributed by atoms with Crippen LogP contribution in [0.25, 0.3) is 11.0 Å². The second-order valence-electron chi connectivity index (χ2n) is 11.4. The molecule has 3 heterocycles. The smallest absolute Gasteiger partial charge is 0.280 e. The van der Waals surface area contributed by atoms with E-state index >= 15 is 0 Å². The molecule has 5 rings (SSSR count). The molecule has 0 radical (unpaired) electrons. The third-order valence-electron chi connectivity index (χ3n) is 8.11. The fourth-order valence-corrected chi connectivity index (χ4v) is 5.90. The molecule has 1 aliphatic carbocycles. The molecule has 41 heavy (non-hydrogen) atoms. The lowest BCUT2D eigenvalue weighted by Crippen LogP contribution is -2.38. The van der Waals surface area contributed by atoms with Crippen molar-refractivity contribution in [3.05, 3.63) is 47.7 Å². The number of pyridine rings is 1. The van der Waals surface area contributed by atoms with E-state index in [9.17, 15) is 9.59 Å². The van der Waals surface area contributed by atoms with Gasteiger partial charge in [-0.3, -0.25) is 14.5 Å². The summed E-state index contributed by atoms with van der Waals surface area (Å²) in [6.07, 6.45) is 8.72. The van der Waals surface area contributed by atoms with Gasteiger partial charge in [-0.05, 0) is 89.7 Å². The van der Waals surface area contributed by atoms with E-state index in [-0.39, 0.29) is 29.8 Å². The number of benzene rings is 1. The Morgan fingerprint density at radius 3 is 2.51 bits per heavy atom. The fourth-order valence-electron chi connectivity index (χ4n) is 5.90. The molecule has 2 amide bonds. The van der Waals surface area contributed by atoms with Gasteiger partial charge >= 0.3 is 0 Å². The lowest BCUT2D eigenvalue weighted by atomic mass is 9.85. The molecule has 0 spiro atoms. The van der Waals surface area contributed by atoms with Crippen molar-refractivity contribution in [1.29, 1.82) is 0 Å². The number of H-pyrrole nitrogens is 1. The van der Waals surface area contributed by atoms with Gasteiger partial charge in [-0.2, -0.15) is 4.99 Å². The van der Waals surface area contributed by atoms with Gasteiger partial charge in [-0.15, -0.1) is 0 Å². The van der Waals surface area contributed by atoms with Crippen LogP contribution >= 0.6 is 0 Å². The van der Waals surface area contributed by atoms with Crippen LogP contribution in [0.1, 0.15) is 75.2 Å². The predicted octanol–water partition coefficient (Wildman–Crippen LogP) is 4.23. The van der Waals surface area contributed by atoms with Crippen LogP contribution < -0.4 is 20.4 Å². The zero-order valence-electron chi connectivity index (χ0n) is 24.4. The topological polar surface area (TPSA) is 114 Å². The Bertz CT molecular complexity index is 1400. The van der Waals surface area contributed by atoms with Crippen molar-refractivity contribution in [2.24, 2.45) is 10.9 Å². The minimum atomic E-state index is -0.344. The number of aromatic amines is 1. The number of carbonyl (C=O) groups is 2. The number of fused-ring (bicyclic) bond motifs is 1. The summed E-state index contributed by atoms with van der Waals surface area (Å²) in [7, 11) is 1.59. The highest BCUT2D eigenvalue weighted by Gasteiger charge is 2.29. The Morgan fingerprint density at radius 2 is 1.83 bits per heavy atom. The van der Waals surface area contributed by atoms with Crippen molar-refractivity contribution >= 4 is 22.8 Å². The fraction of sp³-hybridized carbons (Fsp3) is 0.548. The summed E-state index contributed by atoms with van der Waals surface area (Å²) in [4.78, 5) is 40.7. The summed E-state index contributed by atoms with van der Waals surface area (Å²) in [5.41, 5.74) is 2.63. The van der Waals surface area contributed by atoms with Gasteiger partial charge in [0.2, 0.25) is 17.4 Å². The minimum absolute atomic E-state index is 0.00359. The summed E-state index contributed by atoms with van der Waals surface area (Å²) in [5.74, 6) is 1.01. The first-order chi connectivity index (χ1) is 19.9. The highest BCUT2D eigenvalue weighted by Crippen LogP contribution is 2.34. The molecular formula is C31H42N6O4. The number of imidazole rings is 1. The zero-order chi connectivity index (χ0) is 28.8. The molecule has 2 fully saturated rings. The molecule has 0 unspecified atom stereocenters. The molecular weight excluding hydrogens is 520 g/mol. The maximum Gasteiger partial charge on any atom is 0.280 e. The number of likely N-dealkylation sites (tertiary alicyclic amines) is 1. The van der Waals surface area contributed by atoms with Gasteiger partial charge in [0, 0.05) is 36.2 Å². The highest BCUT2D eigenvalue weighted by atomic mass is 16.5. The van der Waals surface area contributed by atoms with E-state index in [1.54, 1.807) is 37.6 Å². The number of nitrogens with one attached hydrogen (secondary N) is 2. The maximum atomic E-state index is 13.2. The average Bonchev–Trinajstić information content (AvgIpc) is 3.34. The molecule has 10 nitrogen and oxygen atoms in total. The first-order valence-corrected chi connectivity index (χ1v) is 14.9. The molecule has 0 bridgehead atoms. The van der Waals surface area contributed by atoms with E-state index in [0.717, 1.165) is 56.4 Å². The van der Waals surface area contributed by atoms with Crippen LogP contribution in [-0.2, 0) is 4.79 Å². The van der Waals surface area contributed by atoms with E-state index in [4.69, 9.17) is 9.47 Å². The number of amides is 2. The number of hydrogen-bond acceptors (Lipinski definition) is 6. The van der Waals surface area contributed by atoms with Crippen LogP contribution in [0, 0.1) is 5.92 Å². The summed E-state index contributed by atoms with van der Waals surface area (Å²) >= 11 is 0. The maximum absolute atomic E-state index is 13.2. The van der Waals surface area contributed by atoms with E-state index in [1.807, 2.05) is 19.9 Å². The molecule has 1 saturated heterocycles. The Morgan fingerprint density at radius 1 is 1.10 bits per heavy atom. The van der Waals surface area contributed by atoms with Crippen LogP contribution in [0.4, 0.5) is 0 Å². The summed E-state index contributed by atoms with van der Waals surface area (Å²) in [6, 6.07) is 9.08. The lowest BCUT2D eigenvalue weighted by Gasteiger charge is -2.29. The number of ether oxygens (including phenoxy) is 2. The minimum Gasteiger partial charge on any atom is -0.497 e. The largest absolute Gasteiger partial charge is 0.497 e. The Hall–Kier alpha value is -3.66. The van der Waals surface area contributed by atoms with Crippen molar-refractivity contribution in [2.45, 2.75) is 70.9 Å². The van der Waals surface area contributed by atoms with Gasteiger partial charge in [-0.1, -0.05) is 6.42 Å². The molecule has 2 N–H and O–H groups in total. The van der Waals surface area contributed by atoms with Crippen LogP contribution in [0.3, 0.4) is 0 Å². The molecule has 1 aliphatic heterocycles. The number of rotatable bonds is 9. The third kappa shape index (κ3) is 7.16. The molecule has 3 aromatic rings. The Kier molecular flexibility index (Phi) is 9.38. The normalized spacial score (nSPS) is 20.3. The summed E-state index contributed by atoms with van der Waals surface area (Å²) in [6.45, 7) is 7.67. The monoisotopic (exact) mass is 562 g/mol. The van der Waals surface area contributed by atoms with Crippen LogP contribution in [0.2, 0.25) is 0 Å². The van der Waals surface area contributed by atoms with Crippen molar-refractivity contribution in [3.8, 4) is 11.6 Å². The summed E-state index contributed by atoms with van der Waals surface area (Å²) < 4.78 is 13.4. The van der Waals surface area contributed by atoms with Crippen molar-refractivity contribution in [3.63, 3.8) is 0 Å². The molecule has 220 valence electrons. The number of nitrogens with zero attached hydrogens (tertiary/aromatic N) is 4. The van der Waals surface area contributed by atoms with Gasteiger partial charge < -0.3 is 24.3 Å². The van der Waals surface area contributed by atoms with Gasteiger partial charge in [-0.25, -0.2) is 4.98 Å². The highest BCUT2D eigenvalue weighted by molar-refractivity contribution is 5.95. The number of piperidine rings is 1. The first-order valence-electron chi connectivity index (χ1n) is 14.9. The zero-order valence-corrected chi connectivity index (χ0v) is 24.4. The van der Waals surface area contributed by atoms with Gasteiger partial charge in [0.15, 0.2) is 0 Å². The third-order valence-corrected chi connectivity index (χ3v) is 8.11. The van der Waals surface area contributed by atoms with Crippen LogP contribution in [0.5, 0.6) is 11.6 Å². The molecule has 2 aliphatic rings. The molecule has 10 heteroatoms. The molecule has 2 aromatic heterocycles. The number of methoxy groups -OCH3 is 1. The van der Waals surface area contributed by atoms with E-state index < -0.39 is 0 Å². The Labute approximate surface area is 241 Å². The molecule has 0 atom stereocenters. The van der Waals surface area contributed by atoms with Gasteiger partial charge in [0.05, 0.1) is 24.3 Å². The van der Waals surface area contributed by atoms with Gasteiger partial charge in [0.1, 0.15) is 12.4 Å². The van der Waals surface area contributed by atoms with Crippen LogP contribution in [-0.4, -0.2) is 70.6 Å². The van der Waals surface area contributed by atoms with E-state index in [0.29, 0.717) is 29.4 Å².